The fourth-order valence-corrected chi connectivity index (χ4v) is 3.13. The zero-order chi connectivity index (χ0) is 16.7. The molecule has 7 heteroatoms. The normalized spacial score (nSPS) is 16.3. The van der Waals surface area contributed by atoms with E-state index in [1.807, 2.05) is 18.2 Å². The SMILES string of the molecule is Fc1cccc(Cl)c1[C@@H]1C=C(c2ccc(Cl)cc2)Nc2ncnn21. The summed E-state index contributed by atoms with van der Waals surface area (Å²) < 4.78 is 16.0. The lowest BCUT2D eigenvalue weighted by atomic mass is 10.0. The number of hydrogen-bond acceptors (Lipinski definition) is 3. The van der Waals surface area contributed by atoms with E-state index in [1.54, 1.807) is 28.9 Å². The molecule has 3 aromatic rings. The summed E-state index contributed by atoms with van der Waals surface area (Å²) in [4.78, 5) is 4.19. The largest absolute Gasteiger partial charge is 0.324 e. The monoisotopic (exact) mass is 360 g/mol. The number of allylic oxidation sites excluding steroid dienone is 1. The van der Waals surface area contributed by atoms with Gasteiger partial charge in [-0.2, -0.15) is 10.1 Å². The van der Waals surface area contributed by atoms with Gasteiger partial charge in [0.2, 0.25) is 5.95 Å². The van der Waals surface area contributed by atoms with Crippen LogP contribution < -0.4 is 5.32 Å². The summed E-state index contributed by atoms with van der Waals surface area (Å²) >= 11 is 12.2. The molecule has 0 saturated carbocycles. The second kappa shape index (κ2) is 5.92. The molecule has 0 unspecified atom stereocenters. The van der Waals surface area contributed by atoms with Gasteiger partial charge in [0.05, 0.1) is 0 Å². The van der Waals surface area contributed by atoms with Gasteiger partial charge in [0.15, 0.2) is 0 Å². The average Bonchev–Trinajstić information content (AvgIpc) is 3.04. The van der Waals surface area contributed by atoms with Gasteiger partial charge < -0.3 is 5.32 Å². The Balaban J connectivity index is 1.87. The molecule has 1 aliphatic heterocycles. The number of halogens is 3. The van der Waals surface area contributed by atoms with E-state index >= 15 is 0 Å². The molecule has 2 aromatic carbocycles. The van der Waals surface area contributed by atoms with E-state index in [9.17, 15) is 4.39 Å². The number of anilines is 1. The van der Waals surface area contributed by atoms with Crippen molar-refractivity contribution in [3.8, 4) is 0 Å². The second-order valence-corrected chi connectivity index (χ2v) is 6.16. The van der Waals surface area contributed by atoms with Crippen LogP contribution in [0.1, 0.15) is 17.2 Å². The summed E-state index contributed by atoms with van der Waals surface area (Å²) in [6, 6.07) is 11.5. The molecule has 1 N–H and O–H groups in total. The Morgan fingerprint density at radius 2 is 1.88 bits per heavy atom. The van der Waals surface area contributed by atoms with Gasteiger partial charge in [-0.3, -0.25) is 0 Å². The molecule has 0 radical (unpaired) electrons. The fraction of sp³-hybridized carbons (Fsp3) is 0.0588. The number of benzene rings is 2. The van der Waals surface area contributed by atoms with E-state index < -0.39 is 6.04 Å². The molecule has 1 aromatic heterocycles. The summed E-state index contributed by atoms with van der Waals surface area (Å²) in [7, 11) is 0. The molecule has 1 aliphatic rings. The van der Waals surface area contributed by atoms with Crippen LogP contribution in [0, 0.1) is 5.82 Å². The molecule has 120 valence electrons. The van der Waals surface area contributed by atoms with Crippen LogP contribution in [0.5, 0.6) is 0 Å². The van der Waals surface area contributed by atoms with Gasteiger partial charge in [0, 0.05) is 21.3 Å². The topological polar surface area (TPSA) is 42.7 Å². The quantitative estimate of drug-likeness (QED) is 0.714. The minimum atomic E-state index is -0.497. The van der Waals surface area contributed by atoms with Crippen LogP contribution in [0.2, 0.25) is 10.0 Å². The smallest absolute Gasteiger partial charge is 0.226 e. The summed E-state index contributed by atoms with van der Waals surface area (Å²) in [5, 5.41) is 8.37. The Kier molecular flexibility index (Phi) is 3.75. The van der Waals surface area contributed by atoms with Crippen molar-refractivity contribution in [2.24, 2.45) is 0 Å². The molecule has 0 fully saturated rings. The number of nitrogens with zero attached hydrogens (tertiary/aromatic N) is 3. The Bertz CT molecular complexity index is 914. The van der Waals surface area contributed by atoms with Gasteiger partial charge >= 0.3 is 0 Å². The molecule has 2 heterocycles. The first-order valence-electron chi connectivity index (χ1n) is 7.21. The minimum Gasteiger partial charge on any atom is -0.324 e. The van der Waals surface area contributed by atoms with Crippen LogP contribution in [-0.4, -0.2) is 14.8 Å². The van der Waals surface area contributed by atoms with Crippen molar-refractivity contribution in [2.45, 2.75) is 6.04 Å². The maximum atomic E-state index is 14.4. The molecule has 24 heavy (non-hydrogen) atoms. The maximum absolute atomic E-state index is 14.4. The first-order chi connectivity index (χ1) is 11.6. The Hall–Kier alpha value is -2.37. The standard InChI is InChI=1S/C17H11Cl2FN4/c18-11-6-4-10(5-7-11)14-8-15(24-17(23-14)21-9-22-24)16-12(19)2-1-3-13(16)20/h1-9,15H,(H,21,22,23)/t15-/m0/s1. The summed E-state index contributed by atoms with van der Waals surface area (Å²) in [5.74, 6) is 0.134. The third-order valence-electron chi connectivity index (χ3n) is 3.86. The highest BCUT2D eigenvalue weighted by Gasteiger charge is 2.27. The predicted octanol–water partition coefficient (Wildman–Crippen LogP) is 4.78. The van der Waals surface area contributed by atoms with Gasteiger partial charge in [-0.1, -0.05) is 41.4 Å². The van der Waals surface area contributed by atoms with Gasteiger partial charge in [-0.05, 0) is 35.9 Å². The lowest BCUT2D eigenvalue weighted by molar-refractivity contribution is 0.551. The van der Waals surface area contributed by atoms with E-state index in [4.69, 9.17) is 23.2 Å². The Labute approximate surface area is 147 Å². The van der Waals surface area contributed by atoms with E-state index in [-0.39, 0.29) is 5.82 Å². The van der Waals surface area contributed by atoms with Crippen molar-refractivity contribution in [3.63, 3.8) is 0 Å². The average molecular weight is 361 g/mol. The van der Waals surface area contributed by atoms with Crippen LogP contribution in [0.3, 0.4) is 0 Å². The van der Waals surface area contributed by atoms with Crippen LogP contribution in [-0.2, 0) is 0 Å². The second-order valence-electron chi connectivity index (χ2n) is 5.32. The summed E-state index contributed by atoms with van der Waals surface area (Å²) in [6.07, 6.45) is 3.29. The lowest BCUT2D eigenvalue weighted by Crippen LogP contribution is -2.21. The van der Waals surface area contributed by atoms with Gasteiger partial charge in [0.25, 0.3) is 0 Å². The fourth-order valence-electron chi connectivity index (χ4n) is 2.73. The minimum absolute atomic E-state index is 0.343. The first-order valence-corrected chi connectivity index (χ1v) is 7.97. The third kappa shape index (κ3) is 2.56. The van der Waals surface area contributed by atoms with E-state index in [2.05, 4.69) is 15.4 Å². The first kappa shape index (κ1) is 15.2. The van der Waals surface area contributed by atoms with Crippen molar-refractivity contribution in [1.29, 1.82) is 0 Å². The van der Waals surface area contributed by atoms with E-state index in [0.717, 1.165) is 11.3 Å². The highest BCUT2D eigenvalue weighted by molar-refractivity contribution is 6.31. The molecule has 0 spiro atoms. The van der Waals surface area contributed by atoms with E-state index in [1.165, 1.54) is 12.4 Å². The Morgan fingerprint density at radius 1 is 1.08 bits per heavy atom. The number of rotatable bonds is 2. The zero-order valence-corrected chi connectivity index (χ0v) is 13.8. The van der Waals surface area contributed by atoms with Gasteiger partial charge in [-0.15, -0.1) is 0 Å². The van der Waals surface area contributed by atoms with E-state index in [0.29, 0.717) is 21.6 Å². The van der Waals surface area contributed by atoms with Crippen molar-refractivity contribution >= 4 is 34.8 Å². The molecular weight excluding hydrogens is 350 g/mol. The molecule has 4 nitrogen and oxygen atoms in total. The van der Waals surface area contributed by atoms with Crippen molar-refractivity contribution in [1.82, 2.24) is 14.8 Å². The molecular formula is C17H11Cl2FN4. The molecule has 0 saturated heterocycles. The summed E-state index contributed by atoms with van der Waals surface area (Å²) in [6.45, 7) is 0. The molecule has 0 aliphatic carbocycles. The lowest BCUT2D eigenvalue weighted by Gasteiger charge is -2.25. The molecule has 0 bridgehead atoms. The maximum Gasteiger partial charge on any atom is 0.226 e. The highest BCUT2D eigenvalue weighted by Crippen LogP contribution is 2.36. The summed E-state index contributed by atoms with van der Waals surface area (Å²) in [5.41, 5.74) is 2.06. The predicted molar refractivity (Wildman–Crippen MR) is 92.6 cm³/mol. The molecule has 4 rings (SSSR count). The van der Waals surface area contributed by atoms with Crippen molar-refractivity contribution in [3.05, 3.63) is 81.9 Å². The Morgan fingerprint density at radius 3 is 2.62 bits per heavy atom. The van der Waals surface area contributed by atoms with Gasteiger partial charge in [-0.25, -0.2) is 9.07 Å². The van der Waals surface area contributed by atoms with Crippen molar-refractivity contribution < 1.29 is 4.39 Å². The van der Waals surface area contributed by atoms with Crippen LogP contribution in [0.15, 0.2) is 54.9 Å². The molecule has 0 amide bonds. The number of hydrogen-bond donors (Lipinski definition) is 1. The molecule has 1 atom stereocenters. The van der Waals surface area contributed by atoms with Crippen LogP contribution in [0.25, 0.3) is 5.70 Å². The van der Waals surface area contributed by atoms with Gasteiger partial charge in [0.1, 0.15) is 18.2 Å². The van der Waals surface area contributed by atoms with Crippen molar-refractivity contribution in [2.75, 3.05) is 5.32 Å². The number of aromatic nitrogens is 3. The highest BCUT2D eigenvalue weighted by atomic mass is 35.5. The zero-order valence-electron chi connectivity index (χ0n) is 12.2. The third-order valence-corrected chi connectivity index (χ3v) is 4.44. The number of fused-ring (bicyclic) bond motifs is 1. The van der Waals surface area contributed by atoms with Crippen LogP contribution in [0.4, 0.5) is 10.3 Å². The van der Waals surface area contributed by atoms with Crippen LogP contribution >= 0.6 is 23.2 Å². The number of nitrogens with one attached hydrogen (secondary N) is 1.